The largest absolute Gasteiger partial charge is 0.360 e. The molecule has 0 aliphatic carbocycles. The van der Waals surface area contributed by atoms with Crippen LogP contribution < -0.4 is 0 Å². The predicted octanol–water partition coefficient (Wildman–Crippen LogP) is 2.79. The predicted molar refractivity (Wildman–Crippen MR) is 89.0 cm³/mol. The number of piperidine rings is 1. The molecule has 0 bridgehead atoms. The minimum absolute atomic E-state index is 0.0108. The van der Waals surface area contributed by atoms with Gasteiger partial charge in [0.2, 0.25) is 0 Å². The van der Waals surface area contributed by atoms with E-state index in [4.69, 9.17) is 4.52 Å². The van der Waals surface area contributed by atoms with Crippen molar-refractivity contribution in [1.29, 1.82) is 0 Å². The molecule has 0 N–H and O–H groups in total. The van der Waals surface area contributed by atoms with Crippen LogP contribution in [0.4, 0.5) is 0 Å². The van der Waals surface area contributed by atoms with Gasteiger partial charge in [0.15, 0.2) is 5.76 Å². The Hall–Kier alpha value is -2.18. The maximum atomic E-state index is 13.1. The molecule has 3 heterocycles. The Morgan fingerprint density at radius 1 is 1.29 bits per heavy atom. The van der Waals surface area contributed by atoms with Crippen LogP contribution in [0, 0.1) is 20.8 Å². The first-order valence-corrected chi connectivity index (χ1v) is 8.53. The maximum absolute atomic E-state index is 13.1. The minimum atomic E-state index is 0.0108. The van der Waals surface area contributed by atoms with Gasteiger partial charge in [-0.1, -0.05) is 19.0 Å². The summed E-state index contributed by atoms with van der Waals surface area (Å²) in [6.07, 6.45) is 1.96. The van der Waals surface area contributed by atoms with Crippen LogP contribution in [0.5, 0.6) is 0 Å². The molecule has 7 nitrogen and oxygen atoms in total. The molecule has 0 unspecified atom stereocenters. The summed E-state index contributed by atoms with van der Waals surface area (Å²) >= 11 is 0. The number of aryl methyl sites for hydroxylation is 3. The average Bonchev–Trinajstić information content (AvgIpc) is 3.09. The van der Waals surface area contributed by atoms with Gasteiger partial charge in [-0.05, 0) is 33.6 Å². The highest BCUT2D eigenvalue weighted by atomic mass is 16.5. The lowest BCUT2D eigenvalue weighted by atomic mass is 10.0. The molecule has 7 heteroatoms. The number of nitrogens with zero attached hydrogens (tertiary/aromatic N) is 5. The van der Waals surface area contributed by atoms with Crippen molar-refractivity contribution in [2.45, 2.75) is 59.4 Å². The lowest BCUT2D eigenvalue weighted by Crippen LogP contribution is -2.41. The zero-order chi connectivity index (χ0) is 17.4. The molecule has 2 aromatic rings. The Morgan fingerprint density at radius 3 is 2.67 bits per heavy atom. The van der Waals surface area contributed by atoms with Gasteiger partial charge in [0.1, 0.15) is 17.2 Å². The highest BCUT2D eigenvalue weighted by Gasteiger charge is 2.31. The lowest BCUT2D eigenvalue weighted by Gasteiger charge is -2.33. The highest BCUT2D eigenvalue weighted by molar-refractivity contribution is 5.96. The van der Waals surface area contributed by atoms with Gasteiger partial charge in [-0.25, -0.2) is 9.67 Å². The summed E-state index contributed by atoms with van der Waals surface area (Å²) in [5.74, 6) is 2.48. The van der Waals surface area contributed by atoms with E-state index in [-0.39, 0.29) is 17.9 Å². The molecule has 1 atom stereocenters. The van der Waals surface area contributed by atoms with E-state index in [0.717, 1.165) is 31.0 Å². The highest BCUT2D eigenvalue weighted by Crippen LogP contribution is 2.27. The summed E-state index contributed by atoms with van der Waals surface area (Å²) in [4.78, 5) is 19.3. The molecule has 1 amide bonds. The second kappa shape index (κ2) is 6.37. The SMILES string of the molecule is Cc1nc(C)n([C@@H]2CCCN(C(=O)c3c(C)noc3C(C)C)C2)n1. The molecule has 24 heavy (non-hydrogen) atoms. The van der Waals surface area contributed by atoms with Crippen molar-refractivity contribution >= 4 is 5.91 Å². The second-order valence-electron chi connectivity index (χ2n) is 6.86. The van der Waals surface area contributed by atoms with Crippen LogP contribution in [0.1, 0.15) is 72.1 Å². The molecule has 3 rings (SSSR count). The molecule has 0 aromatic carbocycles. The van der Waals surface area contributed by atoms with Crippen molar-refractivity contribution in [3.8, 4) is 0 Å². The van der Waals surface area contributed by atoms with Gasteiger partial charge in [0, 0.05) is 19.0 Å². The smallest absolute Gasteiger partial charge is 0.259 e. The monoisotopic (exact) mass is 331 g/mol. The van der Waals surface area contributed by atoms with E-state index in [1.54, 1.807) is 0 Å². The number of hydrogen-bond donors (Lipinski definition) is 0. The molecule has 1 fully saturated rings. The van der Waals surface area contributed by atoms with Gasteiger partial charge in [0.05, 0.1) is 11.7 Å². The molecule has 0 radical (unpaired) electrons. The maximum Gasteiger partial charge on any atom is 0.259 e. The van der Waals surface area contributed by atoms with Crippen molar-refractivity contribution in [3.05, 3.63) is 28.7 Å². The first-order chi connectivity index (χ1) is 11.4. The Kier molecular flexibility index (Phi) is 4.43. The van der Waals surface area contributed by atoms with Gasteiger partial charge in [-0.2, -0.15) is 5.10 Å². The third kappa shape index (κ3) is 2.95. The van der Waals surface area contributed by atoms with Crippen LogP contribution in [0.2, 0.25) is 0 Å². The first-order valence-electron chi connectivity index (χ1n) is 8.53. The summed E-state index contributed by atoms with van der Waals surface area (Å²) in [5, 5.41) is 8.49. The van der Waals surface area contributed by atoms with E-state index in [2.05, 4.69) is 15.2 Å². The summed E-state index contributed by atoms with van der Waals surface area (Å²) in [6.45, 7) is 11.1. The molecule has 130 valence electrons. The topological polar surface area (TPSA) is 77.0 Å². The average molecular weight is 331 g/mol. The fourth-order valence-corrected chi connectivity index (χ4v) is 3.42. The summed E-state index contributed by atoms with van der Waals surface area (Å²) in [6, 6.07) is 0.173. The molecular formula is C17H25N5O2. The standard InChI is InChI=1S/C17H25N5O2/c1-10(2)16-15(11(3)20-24-16)17(23)21-8-6-7-14(9-21)22-13(5)18-12(4)19-22/h10,14H,6-9H2,1-5H3/t14-/m1/s1. The van der Waals surface area contributed by atoms with Crippen LogP contribution in [0.15, 0.2) is 4.52 Å². The number of carbonyl (C=O) groups excluding carboxylic acids is 1. The number of aromatic nitrogens is 4. The molecule has 1 aliphatic rings. The molecule has 1 saturated heterocycles. The first kappa shape index (κ1) is 16.7. The number of carbonyl (C=O) groups is 1. The normalized spacial score (nSPS) is 18.4. The third-order valence-electron chi connectivity index (χ3n) is 4.56. The van der Waals surface area contributed by atoms with E-state index in [1.807, 2.05) is 44.2 Å². The van der Waals surface area contributed by atoms with E-state index in [1.165, 1.54) is 0 Å². The minimum Gasteiger partial charge on any atom is -0.360 e. The third-order valence-corrected chi connectivity index (χ3v) is 4.56. The van der Waals surface area contributed by atoms with Gasteiger partial charge in [-0.3, -0.25) is 4.79 Å². The molecule has 1 aliphatic heterocycles. The number of amides is 1. The summed E-state index contributed by atoms with van der Waals surface area (Å²) in [7, 11) is 0. The lowest BCUT2D eigenvalue weighted by molar-refractivity contribution is 0.0667. The van der Waals surface area contributed by atoms with Crippen molar-refractivity contribution in [3.63, 3.8) is 0 Å². The second-order valence-corrected chi connectivity index (χ2v) is 6.86. The molecule has 2 aromatic heterocycles. The van der Waals surface area contributed by atoms with Crippen molar-refractivity contribution in [2.75, 3.05) is 13.1 Å². The zero-order valence-electron chi connectivity index (χ0n) is 15.0. The van der Waals surface area contributed by atoms with Crippen LogP contribution >= 0.6 is 0 Å². The summed E-state index contributed by atoms with van der Waals surface area (Å²) in [5.41, 5.74) is 1.29. The van der Waals surface area contributed by atoms with E-state index in [9.17, 15) is 4.79 Å². The fraction of sp³-hybridized carbons (Fsp3) is 0.647. The van der Waals surface area contributed by atoms with Gasteiger partial charge in [-0.15, -0.1) is 0 Å². The van der Waals surface area contributed by atoms with Crippen molar-refractivity contribution in [1.82, 2.24) is 24.8 Å². The Bertz CT molecular complexity index is 746. The number of rotatable bonds is 3. The Morgan fingerprint density at radius 2 is 2.04 bits per heavy atom. The quantitative estimate of drug-likeness (QED) is 0.864. The van der Waals surface area contributed by atoms with E-state index >= 15 is 0 Å². The van der Waals surface area contributed by atoms with Crippen LogP contribution in [-0.4, -0.2) is 43.8 Å². The number of hydrogen-bond acceptors (Lipinski definition) is 5. The van der Waals surface area contributed by atoms with Gasteiger partial charge in [0.25, 0.3) is 5.91 Å². The zero-order valence-corrected chi connectivity index (χ0v) is 15.0. The molecule has 0 saturated carbocycles. The van der Waals surface area contributed by atoms with Crippen LogP contribution in [0.3, 0.4) is 0 Å². The fourth-order valence-electron chi connectivity index (χ4n) is 3.42. The van der Waals surface area contributed by atoms with Gasteiger partial charge >= 0.3 is 0 Å². The Labute approximate surface area is 142 Å². The van der Waals surface area contributed by atoms with Crippen molar-refractivity contribution < 1.29 is 9.32 Å². The Balaban J connectivity index is 1.84. The van der Waals surface area contributed by atoms with E-state index < -0.39 is 0 Å². The van der Waals surface area contributed by atoms with Gasteiger partial charge < -0.3 is 9.42 Å². The number of likely N-dealkylation sites (tertiary alicyclic amines) is 1. The van der Waals surface area contributed by atoms with Crippen LogP contribution in [0.25, 0.3) is 0 Å². The molecule has 0 spiro atoms. The van der Waals surface area contributed by atoms with Crippen molar-refractivity contribution in [2.24, 2.45) is 0 Å². The summed E-state index contributed by atoms with van der Waals surface area (Å²) < 4.78 is 7.33. The van der Waals surface area contributed by atoms with Crippen LogP contribution in [-0.2, 0) is 0 Å². The van der Waals surface area contributed by atoms with E-state index in [0.29, 0.717) is 23.6 Å². The molecular weight excluding hydrogens is 306 g/mol.